The molecule has 0 unspecified atom stereocenters. The van der Waals surface area contributed by atoms with E-state index in [1.807, 2.05) is 12.2 Å². The number of rotatable bonds is 10. The Balaban J connectivity index is 2.62. The zero-order chi connectivity index (χ0) is 29.3. The summed E-state index contributed by atoms with van der Waals surface area (Å²) in [6.07, 6.45) is 2.80. The number of hydrogen-bond acceptors (Lipinski definition) is 7. The number of nitrogens with zero attached hydrogens (tertiary/aromatic N) is 2. The van der Waals surface area contributed by atoms with Crippen LogP contribution in [0.4, 0.5) is 5.69 Å². The van der Waals surface area contributed by atoms with Crippen molar-refractivity contribution in [2.24, 2.45) is 0 Å². The van der Waals surface area contributed by atoms with Gasteiger partial charge in [-0.25, -0.2) is 8.42 Å². The first kappa shape index (κ1) is 32.8. The van der Waals surface area contributed by atoms with Crippen molar-refractivity contribution in [1.82, 2.24) is 4.31 Å². The molecular formula is C26H46N2O7SSi2. The van der Waals surface area contributed by atoms with Gasteiger partial charge in [-0.1, -0.05) is 53.7 Å². The first-order valence-electron chi connectivity index (χ1n) is 13.1. The average molecular weight is 587 g/mol. The van der Waals surface area contributed by atoms with Crippen LogP contribution < -0.4 is 0 Å². The van der Waals surface area contributed by atoms with Crippen molar-refractivity contribution in [2.45, 2.75) is 107 Å². The molecule has 0 radical (unpaired) electrons. The van der Waals surface area contributed by atoms with E-state index in [2.05, 4.69) is 67.7 Å². The molecule has 1 aliphatic rings. The van der Waals surface area contributed by atoms with E-state index in [0.717, 1.165) is 0 Å². The summed E-state index contributed by atoms with van der Waals surface area (Å²) >= 11 is 0. The molecule has 0 bridgehead atoms. The van der Waals surface area contributed by atoms with E-state index in [1.54, 1.807) is 0 Å². The van der Waals surface area contributed by atoms with Gasteiger partial charge in [0.1, 0.15) is 0 Å². The van der Waals surface area contributed by atoms with E-state index in [4.69, 9.17) is 8.85 Å². The fourth-order valence-corrected chi connectivity index (χ4v) is 8.01. The lowest BCUT2D eigenvalue weighted by Gasteiger charge is -2.48. The summed E-state index contributed by atoms with van der Waals surface area (Å²) in [5, 5.41) is 21.4. The Bertz CT molecular complexity index is 1110. The predicted molar refractivity (Wildman–Crippen MR) is 156 cm³/mol. The van der Waals surface area contributed by atoms with Crippen LogP contribution >= 0.6 is 0 Å². The van der Waals surface area contributed by atoms with E-state index < -0.39 is 49.8 Å². The van der Waals surface area contributed by atoms with E-state index in [-0.39, 0.29) is 33.8 Å². The average Bonchev–Trinajstić information content (AvgIpc) is 2.79. The minimum absolute atomic E-state index is 0.0275. The zero-order valence-corrected chi connectivity index (χ0v) is 27.3. The van der Waals surface area contributed by atoms with E-state index in [9.17, 15) is 23.6 Å². The van der Waals surface area contributed by atoms with Gasteiger partial charge in [0.15, 0.2) is 16.6 Å². The molecule has 9 nitrogen and oxygen atoms in total. The fourth-order valence-electron chi connectivity index (χ4n) is 3.76. The largest absolute Gasteiger partial charge is 0.409 e. The van der Waals surface area contributed by atoms with Gasteiger partial charge in [0, 0.05) is 18.7 Å². The smallest absolute Gasteiger partial charge is 0.269 e. The lowest BCUT2D eigenvalue weighted by molar-refractivity contribution is -0.384. The highest BCUT2D eigenvalue weighted by molar-refractivity contribution is 7.89. The van der Waals surface area contributed by atoms with Gasteiger partial charge in [-0.2, -0.15) is 4.31 Å². The van der Waals surface area contributed by atoms with Gasteiger partial charge in [0.2, 0.25) is 10.0 Å². The Kier molecular flexibility index (Phi) is 10.0. The van der Waals surface area contributed by atoms with Crippen LogP contribution in [0.25, 0.3) is 0 Å². The second-order valence-corrected chi connectivity index (χ2v) is 24.4. The molecule has 12 heteroatoms. The molecule has 3 atom stereocenters. The molecule has 0 amide bonds. The number of hydrogen-bond donors (Lipinski definition) is 1. The summed E-state index contributed by atoms with van der Waals surface area (Å²) in [5.74, 6) is 0. The molecule has 0 aromatic heterocycles. The third-order valence-electron chi connectivity index (χ3n) is 8.21. The zero-order valence-electron chi connectivity index (χ0n) is 24.5. The number of aliphatic hydroxyl groups is 1. The number of nitro benzene ring substituents is 1. The van der Waals surface area contributed by atoms with Gasteiger partial charge in [0.05, 0.1) is 34.7 Å². The van der Waals surface area contributed by atoms with E-state index >= 15 is 0 Å². The number of sulfonamides is 1. The summed E-state index contributed by atoms with van der Waals surface area (Å²) in [4.78, 5) is 10.5. The van der Waals surface area contributed by atoms with Crippen LogP contribution in [0.15, 0.2) is 41.3 Å². The normalized spacial score (nSPS) is 19.8. The molecule has 0 fully saturated rings. The molecule has 1 aromatic carbocycles. The van der Waals surface area contributed by atoms with Crippen LogP contribution in [0, 0.1) is 10.1 Å². The minimum Gasteiger partial charge on any atom is -0.409 e. The lowest BCUT2D eigenvalue weighted by atomic mass is 10.0. The molecular weight excluding hydrogens is 541 g/mol. The molecule has 1 aliphatic heterocycles. The Morgan fingerprint density at radius 1 is 1.03 bits per heavy atom. The maximum Gasteiger partial charge on any atom is 0.269 e. The van der Waals surface area contributed by atoms with Crippen molar-refractivity contribution in [3.8, 4) is 0 Å². The van der Waals surface area contributed by atoms with Gasteiger partial charge < -0.3 is 14.0 Å². The van der Waals surface area contributed by atoms with Crippen molar-refractivity contribution in [3.63, 3.8) is 0 Å². The number of aliphatic hydroxyl groups excluding tert-OH is 1. The summed E-state index contributed by atoms with van der Waals surface area (Å²) in [7, 11) is -8.85. The number of benzene rings is 1. The van der Waals surface area contributed by atoms with Gasteiger partial charge in [0.25, 0.3) is 5.69 Å². The first-order valence-corrected chi connectivity index (χ1v) is 20.3. The predicted octanol–water partition coefficient (Wildman–Crippen LogP) is 5.69. The van der Waals surface area contributed by atoms with Gasteiger partial charge in [-0.3, -0.25) is 10.1 Å². The summed E-state index contributed by atoms with van der Waals surface area (Å²) in [6, 6.07) is 4.20. The highest BCUT2D eigenvalue weighted by Gasteiger charge is 2.49. The molecule has 0 spiro atoms. The van der Waals surface area contributed by atoms with Gasteiger partial charge >= 0.3 is 0 Å². The van der Waals surface area contributed by atoms with Gasteiger partial charge in [-0.15, -0.1) is 0 Å². The van der Waals surface area contributed by atoms with Crippen LogP contribution in [-0.4, -0.2) is 70.8 Å². The third kappa shape index (κ3) is 7.20. The quantitative estimate of drug-likeness (QED) is 0.162. The van der Waals surface area contributed by atoms with Crippen molar-refractivity contribution < 1.29 is 27.3 Å². The topological polar surface area (TPSA) is 119 Å². The Hall–Kier alpha value is -1.42. The monoisotopic (exact) mass is 586 g/mol. The molecule has 1 aromatic rings. The second-order valence-electron chi connectivity index (χ2n) is 13.0. The van der Waals surface area contributed by atoms with Crippen LogP contribution in [0.1, 0.15) is 48.0 Å². The Morgan fingerprint density at radius 3 is 1.97 bits per heavy atom. The van der Waals surface area contributed by atoms with Gasteiger partial charge in [-0.05, 0) is 54.8 Å². The molecule has 0 aliphatic carbocycles. The molecule has 1 heterocycles. The fraction of sp³-hybridized carbons (Fsp3) is 0.692. The molecule has 2 rings (SSSR count). The summed E-state index contributed by atoms with van der Waals surface area (Å²) in [6.45, 7) is 21.0. The highest BCUT2D eigenvalue weighted by atomic mass is 32.2. The standard InChI is InChI=1S/C26H46N2O7SSi2/c1-25(2,3)37(7,8)34-23(19-29)24(35-38(9,10)26(4,5)6)22-13-11-12-18-27(22)36(32,33)21-16-14-20(15-17-21)28(30)31/h11,13-17,22-24,29H,12,18-19H2,1-10H3/t22-,23-,24+/m1/s1. The van der Waals surface area contributed by atoms with Crippen LogP contribution in [0.5, 0.6) is 0 Å². The summed E-state index contributed by atoms with van der Waals surface area (Å²) in [5.41, 5.74) is -0.179. The molecule has 0 saturated heterocycles. The van der Waals surface area contributed by atoms with Crippen LogP contribution in [-0.2, 0) is 18.9 Å². The number of non-ortho nitro benzene ring substituents is 1. The van der Waals surface area contributed by atoms with Crippen LogP contribution in [0.2, 0.25) is 36.3 Å². The van der Waals surface area contributed by atoms with Crippen molar-refractivity contribution >= 4 is 32.3 Å². The summed E-state index contributed by atoms with van der Waals surface area (Å²) < 4.78 is 42.7. The second kappa shape index (κ2) is 11.6. The van der Waals surface area contributed by atoms with Crippen LogP contribution in [0.3, 0.4) is 0 Å². The lowest BCUT2D eigenvalue weighted by Crippen LogP contribution is -2.60. The van der Waals surface area contributed by atoms with Crippen molar-refractivity contribution in [2.75, 3.05) is 13.2 Å². The van der Waals surface area contributed by atoms with E-state index in [1.165, 1.54) is 28.6 Å². The van der Waals surface area contributed by atoms with Crippen molar-refractivity contribution in [3.05, 3.63) is 46.5 Å². The van der Waals surface area contributed by atoms with Crippen molar-refractivity contribution in [1.29, 1.82) is 0 Å². The highest BCUT2D eigenvalue weighted by Crippen LogP contribution is 2.42. The molecule has 1 N–H and O–H groups in total. The SMILES string of the molecule is CC(C)(C)[Si](C)(C)O[C@@H]([C@H]1C=CCCN1S(=O)(=O)c1ccc([N+](=O)[O-])cc1)[C@@H](CO)O[Si](C)(C)C(C)(C)C. The molecule has 0 saturated carbocycles. The molecule has 216 valence electrons. The minimum atomic E-state index is -4.03. The maximum absolute atomic E-state index is 13.9. The molecule has 38 heavy (non-hydrogen) atoms. The third-order valence-corrected chi connectivity index (χ3v) is 19.1. The Morgan fingerprint density at radius 2 is 1.53 bits per heavy atom. The first-order chi connectivity index (χ1) is 17.2. The van der Waals surface area contributed by atoms with E-state index in [0.29, 0.717) is 6.42 Å². The maximum atomic E-state index is 13.9. The Labute approximate surface area is 230 Å². The number of nitro groups is 1.